The molecule has 0 unspecified atom stereocenters. The van der Waals surface area contributed by atoms with Crippen LogP contribution in [0.25, 0.3) is 11.0 Å². The molecule has 134 valence electrons. The molecule has 0 saturated heterocycles. The minimum atomic E-state index is -0.477. The lowest BCUT2D eigenvalue weighted by Gasteiger charge is -2.11. The molecular formula is C19H14Cl2O5. The third-order valence-corrected chi connectivity index (χ3v) is 4.26. The summed E-state index contributed by atoms with van der Waals surface area (Å²) in [5.41, 5.74) is 1.30. The number of hydrogen-bond donors (Lipinski definition) is 0. The third-order valence-electron chi connectivity index (χ3n) is 3.67. The summed E-state index contributed by atoms with van der Waals surface area (Å²) in [5, 5.41) is 1.51. The molecule has 5 nitrogen and oxygen atoms in total. The SMILES string of the molecule is CC(=O)Oc1coc2c(C(C)=O)c(OCc3ccc(Cl)cc3Cl)ccc12. The molecule has 0 aliphatic heterocycles. The zero-order valence-corrected chi connectivity index (χ0v) is 15.5. The lowest BCUT2D eigenvalue weighted by atomic mass is 10.1. The molecule has 7 heteroatoms. The van der Waals surface area contributed by atoms with Crippen molar-refractivity contribution in [3.05, 3.63) is 57.8 Å². The number of Topliss-reactive ketones (excluding diaryl/α,β-unsaturated/α-hetero) is 1. The second-order valence-corrected chi connectivity index (χ2v) is 6.43. The van der Waals surface area contributed by atoms with Gasteiger partial charge >= 0.3 is 5.97 Å². The van der Waals surface area contributed by atoms with Gasteiger partial charge in [0.25, 0.3) is 0 Å². The van der Waals surface area contributed by atoms with Crippen molar-refractivity contribution < 1.29 is 23.5 Å². The van der Waals surface area contributed by atoms with E-state index in [-0.39, 0.29) is 23.7 Å². The molecule has 0 aliphatic carbocycles. The van der Waals surface area contributed by atoms with E-state index in [0.29, 0.717) is 26.8 Å². The molecule has 0 spiro atoms. The number of hydrogen-bond acceptors (Lipinski definition) is 5. The summed E-state index contributed by atoms with van der Waals surface area (Å²) in [5.74, 6) is -0.117. The monoisotopic (exact) mass is 392 g/mol. The van der Waals surface area contributed by atoms with Crippen molar-refractivity contribution in [3.63, 3.8) is 0 Å². The minimum Gasteiger partial charge on any atom is -0.488 e. The van der Waals surface area contributed by atoms with Gasteiger partial charge in [-0.15, -0.1) is 0 Å². The van der Waals surface area contributed by atoms with Crippen molar-refractivity contribution in [1.29, 1.82) is 0 Å². The zero-order chi connectivity index (χ0) is 18.8. The summed E-state index contributed by atoms with van der Waals surface area (Å²) in [7, 11) is 0. The van der Waals surface area contributed by atoms with Crippen LogP contribution in [0.3, 0.4) is 0 Å². The fourth-order valence-electron chi connectivity index (χ4n) is 2.54. The summed E-state index contributed by atoms with van der Waals surface area (Å²) in [6.07, 6.45) is 1.29. The van der Waals surface area contributed by atoms with Crippen LogP contribution >= 0.6 is 23.2 Å². The van der Waals surface area contributed by atoms with Crippen molar-refractivity contribution in [2.45, 2.75) is 20.5 Å². The summed E-state index contributed by atoms with van der Waals surface area (Å²) in [6, 6.07) is 8.38. The highest BCUT2D eigenvalue weighted by molar-refractivity contribution is 6.35. The molecule has 2 aromatic carbocycles. The Kier molecular flexibility index (Phi) is 5.20. The second kappa shape index (κ2) is 7.40. The van der Waals surface area contributed by atoms with Crippen LogP contribution in [-0.4, -0.2) is 11.8 Å². The number of carbonyl (C=O) groups excluding carboxylic acids is 2. The van der Waals surface area contributed by atoms with Crippen LogP contribution in [0.15, 0.2) is 41.0 Å². The predicted octanol–water partition coefficient (Wildman–Crippen LogP) is 5.45. The van der Waals surface area contributed by atoms with Gasteiger partial charge in [0.2, 0.25) is 0 Å². The van der Waals surface area contributed by atoms with Crippen LogP contribution in [0.4, 0.5) is 0 Å². The maximum Gasteiger partial charge on any atom is 0.308 e. The number of furan rings is 1. The Morgan fingerprint density at radius 1 is 1.08 bits per heavy atom. The molecule has 0 saturated carbocycles. The van der Waals surface area contributed by atoms with Crippen molar-refractivity contribution in [3.8, 4) is 11.5 Å². The Labute approximate surface area is 159 Å². The van der Waals surface area contributed by atoms with Crippen LogP contribution < -0.4 is 9.47 Å². The van der Waals surface area contributed by atoms with Crippen LogP contribution in [0.2, 0.25) is 10.0 Å². The first-order valence-corrected chi connectivity index (χ1v) is 8.42. The lowest BCUT2D eigenvalue weighted by Crippen LogP contribution is -2.03. The molecule has 0 fully saturated rings. The lowest BCUT2D eigenvalue weighted by molar-refractivity contribution is -0.131. The van der Waals surface area contributed by atoms with Crippen molar-refractivity contribution >= 4 is 45.9 Å². The quantitative estimate of drug-likeness (QED) is 0.426. The molecule has 0 radical (unpaired) electrons. The van der Waals surface area contributed by atoms with Gasteiger partial charge in [-0.25, -0.2) is 0 Å². The summed E-state index contributed by atoms with van der Waals surface area (Å²) in [4.78, 5) is 23.3. The average Bonchev–Trinajstić information content (AvgIpc) is 2.95. The predicted molar refractivity (Wildman–Crippen MR) is 98.3 cm³/mol. The fourth-order valence-corrected chi connectivity index (χ4v) is 3.00. The highest BCUT2D eigenvalue weighted by Gasteiger charge is 2.20. The second-order valence-electron chi connectivity index (χ2n) is 5.59. The van der Waals surface area contributed by atoms with E-state index in [0.717, 1.165) is 5.56 Å². The number of halogens is 2. The highest BCUT2D eigenvalue weighted by atomic mass is 35.5. The Balaban J connectivity index is 1.96. The number of ketones is 1. The van der Waals surface area contributed by atoms with Gasteiger partial charge in [-0.3, -0.25) is 9.59 Å². The fraction of sp³-hybridized carbons (Fsp3) is 0.158. The molecular weight excluding hydrogens is 379 g/mol. The van der Waals surface area contributed by atoms with Gasteiger partial charge in [-0.05, 0) is 31.2 Å². The van der Waals surface area contributed by atoms with E-state index >= 15 is 0 Å². The van der Waals surface area contributed by atoms with Crippen molar-refractivity contribution in [2.24, 2.45) is 0 Å². The summed E-state index contributed by atoms with van der Waals surface area (Å²) < 4.78 is 16.3. The van der Waals surface area contributed by atoms with Gasteiger partial charge in [0.05, 0.1) is 5.39 Å². The van der Waals surface area contributed by atoms with E-state index < -0.39 is 5.97 Å². The Morgan fingerprint density at radius 3 is 2.50 bits per heavy atom. The zero-order valence-electron chi connectivity index (χ0n) is 14.0. The topological polar surface area (TPSA) is 65.7 Å². The molecule has 0 bridgehead atoms. The van der Waals surface area contributed by atoms with Gasteiger partial charge < -0.3 is 13.9 Å². The largest absolute Gasteiger partial charge is 0.488 e. The molecule has 1 aromatic heterocycles. The van der Waals surface area contributed by atoms with Gasteiger partial charge in [0, 0.05) is 22.5 Å². The van der Waals surface area contributed by atoms with Gasteiger partial charge in [0.1, 0.15) is 24.2 Å². The summed E-state index contributed by atoms with van der Waals surface area (Å²) >= 11 is 12.0. The number of benzene rings is 2. The Hall–Kier alpha value is -2.50. The molecule has 0 atom stereocenters. The maximum absolute atomic E-state index is 12.1. The van der Waals surface area contributed by atoms with Crippen molar-refractivity contribution in [1.82, 2.24) is 0 Å². The Bertz CT molecular complexity index is 1010. The van der Waals surface area contributed by atoms with E-state index in [1.165, 1.54) is 20.1 Å². The van der Waals surface area contributed by atoms with Gasteiger partial charge in [-0.1, -0.05) is 29.3 Å². The Morgan fingerprint density at radius 2 is 1.85 bits per heavy atom. The van der Waals surface area contributed by atoms with Gasteiger partial charge in [-0.2, -0.15) is 0 Å². The first kappa shape index (κ1) is 18.3. The highest BCUT2D eigenvalue weighted by Crippen LogP contribution is 2.36. The molecule has 3 aromatic rings. The summed E-state index contributed by atoms with van der Waals surface area (Å²) in [6.45, 7) is 2.85. The van der Waals surface area contributed by atoms with Gasteiger partial charge in [0.15, 0.2) is 17.1 Å². The molecule has 3 rings (SSSR count). The van der Waals surface area contributed by atoms with E-state index in [2.05, 4.69) is 0 Å². The van der Waals surface area contributed by atoms with Crippen molar-refractivity contribution in [2.75, 3.05) is 0 Å². The number of ether oxygens (including phenoxy) is 2. The molecule has 1 heterocycles. The van der Waals surface area contributed by atoms with Crippen LogP contribution in [0.5, 0.6) is 11.5 Å². The number of rotatable bonds is 5. The average molecular weight is 393 g/mol. The van der Waals surface area contributed by atoms with Crippen LogP contribution in [0.1, 0.15) is 29.8 Å². The normalized spacial score (nSPS) is 10.8. The van der Waals surface area contributed by atoms with Crippen LogP contribution in [0, 0.1) is 0 Å². The van der Waals surface area contributed by atoms with Crippen LogP contribution in [-0.2, 0) is 11.4 Å². The molecule has 0 aliphatic rings. The molecule has 0 N–H and O–H groups in total. The third kappa shape index (κ3) is 3.69. The number of esters is 1. The standard InChI is InChI=1S/C19H14Cl2O5/c1-10(22)18-16(24-8-12-3-4-13(20)7-15(12)21)6-5-14-17(26-11(2)23)9-25-19(14)18/h3-7,9H,8H2,1-2H3. The first-order chi connectivity index (χ1) is 12.4. The number of carbonyl (C=O) groups is 2. The first-order valence-electron chi connectivity index (χ1n) is 7.67. The van der Waals surface area contributed by atoms with E-state index in [9.17, 15) is 9.59 Å². The maximum atomic E-state index is 12.1. The smallest absolute Gasteiger partial charge is 0.308 e. The minimum absolute atomic E-state index is 0.152. The number of fused-ring (bicyclic) bond motifs is 1. The van der Waals surface area contributed by atoms with E-state index in [1.54, 1.807) is 30.3 Å². The molecule has 26 heavy (non-hydrogen) atoms. The van der Waals surface area contributed by atoms with E-state index in [1.807, 2.05) is 0 Å². The molecule has 0 amide bonds. The van der Waals surface area contributed by atoms with E-state index in [4.69, 9.17) is 37.1 Å².